The quantitative estimate of drug-likeness (QED) is 0.0262. The second kappa shape index (κ2) is 59.1. The smallest absolute Gasteiger partial charge is 0.306 e. The molecule has 0 aliphatic rings. The molecule has 6 nitrogen and oxygen atoms in total. The summed E-state index contributed by atoms with van der Waals surface area (Å²) < 4.78 is 16.7. The van der Waals surface area contributed by atoms with Gasteiger partial charge in [-0.3, -0.25) is 14.4 Å². The van der Waals surface area contributed by atoms with Crippen LogP contribution in [0.15, 0.2) is 182 Å². The van der Waals surface area contributed by atoms with Crippen molar-refractivity contribution in [3.63, 3.8) is 0 Å². The SMILES string of the molecule is CC/C=C\C/C=C\C/C=C\C/C=C\C/C=C\C/C=C\CCC(=O)OC[C@H](COC(=O)CCC/C=C\C/C=C\C/C=C\C/C=C\CCCCC)OC(=O)CCCCC/C=C\C/C=C\C/C=C\C/C=C\C/C=C\CC. The number of esters is 3. The summed E-state index contributed by atoms with van der Waals surface area (Å²) in [5.41, 5.74) is 0. The normalized spacial score (nSPS) is 13.5. The molecule has 0 aromatic heterocycles. The van der Waals surface area contributed by atoms with E-state index in [1.165, 1.54) is 25.7 Å². The van der Waals surface area contributed by atoms with Crippen molar-refractivity contribution in [1.82, 2.24) is 0 Å². The lowest BCUT2D eigenvalue weighted by Crippen LogP contribution is -2.30. The van der Waals surface area contributed by atoms with Crippen LogP contribution in [0.1, 0.15) is 201 Å². The Labute approximate surface area is 446 Å². The van der Waals surface area contributed by atoms with Gasteiger partial charge in [0.05, 0.1) is 0 Å². The summed E-state index contributed by atoms with van der Waals surface area (Å²) >= 11 is 0. The Balaban J connectivity index is 4.70. The van der Waals surface area contributed by atoms with Crippen LogP contribution in [0, 0.1) is 0 Å². The van der Waals surface area contributed by atoms with Crippen molar-refractivity contribution >= 4 is 17.9 Å². The van der Waals surface area contributed by atoms with Gasteiger partial charge in [0.2, 0.25) is 0 Å². The van der Waals surface area contributed by atoms with Gasteiger partial charge in [-0.25, -0.2) is 0 Å². The first kappa shape index (κ1) is 67.5. The highest BCUT2D eigenvalue weighted by Crippen LogP contribution is 2.10. The van der Waals surface area contributed by atoms with Crippen molar-refractivity contribution < 1.29 is 28.6 Å². The van der Waals surface area contributed by atoms with Crippen LogP contribution in [-0.4, -0.2) is 37.2 Å². The standard InChI is InChI=1S/C67H100O6/c1-4-7-10-13-16-19-22-25-28-31-33-36-39-42-45-48-51-54-57-60-66(69)72-63-64(62-71-65(68)59-56-53-50-47-44-41-38-35-30-27-24-21-18-15-12-9-6-3)73-67(70)61-58-55-52-49-46-43-40-37-34-32-29-26-23-20-17-14-11-8-5-2/h7-8,10-11,16-21,25-30,33-34,36-38,41-43,45-47,50-51,54,64H,4-6,9,12-15,22-24,31-32,35,39-40,44,48-49,52-53,55-63H2,1-3H3/b10-7-,11-8-,19-16-,20-17-,21-18-,28-25-,29-26-,30-27-,36-33-,37-34-,41-38-,45-42-,46-43-,50-47-,54-51-/t64-/m0/s1. The number of carbonyl (C=O) groups excluding carboxylic acids is 3. The molecule has 0 saturated heterocycles. The first-order chi connectivity index (χ1) is 36.0. The van der Waals surface area contributed by atoms with E-state index in [1.807, 2.05) is 12.2 Å². The molecule has 404 valence electrons. The third kappa shape index (κ3) is 57.3. The molecule has 0 aliphatic carbocycles. The molecule has 0 unspecified atom stereocenters. The Hall–Kier alpha value is -5.49. The molecule has 0 bridgehead atoms. The van der Waals surface area contributed by atoms with Gasteiger partial charge in [0.25, 0.3) is 0 Å². The molecule has 0 N–H and O–H groups in total. The van der Waals surface area contributed by atoms with Crippen molar-refractivity contribution in [2.75, 3.05) is 13.2 Å². The molecule has 0 heterocycles. The van der Waals surface area contributed by atoms with Crippen molar-refractivity contribution in [2.45, 2.75) is 207 Å². The second-order valence-electron chi connectivity index (χ2n) is 17.7. The predicted molar refractivity (Wildman–Crippen MR) is 315 cm³/mol. The lowest BCUT2D eigenvalue weighted by Gasteiger charge is -2.18. The van der Waals surface area contributed by atoms with Crippen LogP contribution in [0.25, 0.3) is 0 Å². The number of ether oxygens (including phenoxy) is 3. The number of hydrogen-bond donors (Lipinski definition) is 0. The van der Waals surface area contributed by atoms with Gasteiger partial charge in [-0.1, -0.05) is 222 Å². The molecule has 6 heteroatoms. The van der Waals surface area contributed by atoms with Crippen molar-refractivity contribution in [3.05, 3.63) is 182 Å². The fraction of sp³-hybridized carbons (Fsp3) is 0.507. The molecule has 0 aromatic rings. The van der Waals surface area contributed by atoms with E-state index in [0.717, 1.165) is 116 Å². The lowest BCUT2D eigenvalue weighted by atomic mass is 10.1. The van der Waals surface area contributed by atoms with Gasteiger partial charge in [0.15, 0.2) is 6.10 Å². The van der Waals surface area contributed by atoms with Gasteiger partial charge >= 0.3 is 17.9 Å². The summed E-state index contributed by atoms with van der Waals surface area (Å²) in [6, 6.07) is 0. The summed E-state index contributed by atoms with van der Waals surface area (Å²) in [5, 5.41) is 0. The number of hydrogen-bond acceptors (Lipinski definition) is 6. The summed E-state index contributed by atoms with van der Waals surface area (Å²) in [4.78, 5) is 38.1. The van der Waals surface area contributed by atoms with Crippen molar-refractivity contribution in [2.24, 2.45) is 0 Å². The highest BCUT2D eigenvalue weighted by atomic mass is 16.6. The minimum atomic E-state index is -0.860. The first-order valence-electron chi connectivity index (χ1n) is 28.3. The summed E-state index contributed by atoms with van der Waals surface area (Å²) in [6.07, 6.45) is 88.9. The maximum Gasteiger partial charge on any atom is 0.306 e. The third-order valence-corrected chi connectivity index (χ3v) is 10.9. The maximum atomic E-state index is 12.9. The Morgan fingerprint density at radius 3 is 0.932 bits per heavy atom. The molecule has 0 saturated carbocycles. The zero-order valence-electron chi connectivity index (χ0n) is 46.1. The topological polar surface area (TPSA) is 78.9 Å². The van der Waals surface area contributed by atoms with Gasteiger partial charge < -0.3 is 14.2 Å². The van der Waals surface area contributed by atoms with E-state index in [0.29, 0.717) is 19.3 Å². The molecular formula is C67H100O6. The van der Waals surface area contributed by atoms with E-state index >= 15 is 0 Å². The third-order valence-electron chi connectivity index (χ3n) is 10.9. The van der Waals surface area contributed by atoms with Crippen LogP contribution in [-0.2, 0) is 28.6 Å². The molecule has 73 heavy (non-hydrogen) atoms. The van der Waals surface area contributed by atoms with E-state index < -0.39 is 6.10 Å². The van der Waals surface area contributed by atoms with E-state index in [1.54, 1.807) is 0 Å². The molecule has 0 amide bonds. The van der Waals surface area contributed by atoms with E-state index in [4.69, 9.17) is 14.2 Å². The van der Waals surface area contributed by atoms with Gasteiger partial charge in [-0.15, -0.1) is 0 Å². The van der Waals surface area contributed by atoms with E-state index in [9.17, 15) is 14.4 Å². The molecule has 0 rings (SSSR count). The molecule has 0 fully saturated rings. The monoisotopic (exact) mass is 1000 g/mol. The molecule has 0 aliphatic heterocycles. The Morgan fingerprint density at radius 2 is 0.575 bits per heavy atom. The molecule has 0 aromatic carbocycles. The molecule has 1 atom stereocenters. The molecular weight excluding hydrogens is 901 g/mol. The van der Waals surface area contributed by atoms with Crippen LogP contribution in [0.5, 0.6) is 0 Å². The average Bonchev–Trinajstić information content (AvgIpc) is 3.39. The van der Waals surface area contributed by atoms with Gasteiger partial charge in [-0.05, 0) is 141 Å². The molecule has 0 spiro atoms. The Bertz CT molecular complexity index is 1770. The maximum absolute atomic E-state index is 12.9. The number of carbonyl (C=O) groups is 3. The second-order valence-corrected chi connectivity index (χ2v) is 17.7. The largest absolute Gasteiger partial charge is 0.462 e. The van der Waals surface area contributed by atoms with Crippen LogP contribution in [0.2, 0.25) is 0 Å². The average molecular weight is 1000 g/mol. The zero-order chi connectivity index (χ0) is 52.9. The van der Waals surface area contributed by atoms with Gasteiger partial charge in [0.1, 0.15) is 13.2 Å². The Morgan fingerprint density at radius 1 is 0.288 bits per heavy atom. The van der Waals surface area contributed by atoms with E-state index in [2.05, 4.69) is 191 Å². The first-order valence-corrected chi connectivity index (χ1v) is 28.3. The summed E-state index contributed by atoms with van der Waals surface area (Å²) in [5.74, 6) is -1.14. The van der Waals surface area contributed by atoms with E-state index in [-0.39, 0.29) is 50.4 Å². The number of rotatable bonds is 48. The fourth-order valence-corrected chi connectivity index (χ4v) is 6.72. The predicted octanol–water partition coefficient (Wildman–Crippen LogP) is 19.3. The summed E-state index contributed by atoms with van der Waals surface area (Å²) in [6.45, 7) is 6.21. The zero-order valence-corrected chi connectivity index (χ0v) is 46.1. The van der Waals surface area contributed by atoms with Crippen LogP contribution in [0.3, 0.4) is 0 Å². The minimum absolute atomic E-state index is 0.153. The van der Waals surface area contributed by atoms with Gasteiger partial charge in [-0.2, -0.15) is 0 Å². The van der Waals surface area contributed by atoms with Crippen molar-refractivity contribution in [3.8, 4) is 0 Å². The number of allylic oxidation sites excluding steroid dienone is 30. The van der Waals surface area contributed by atoms with Crippen LogP contribution in [0.4, 0.5) is 0 Å². The highest BCUT2D eigenvalue weighted by Gasteiger charge is 2.19. The van der Waals surface area contributed by atoms with Gasteiger partial charge in [0, 0.05) is 19.3 Å². The lowest BCUT2D eigenvalue weighted by molar-refractivity contribution is -0.166. The minimum Gasteiger partial charge on any atom is -0.462 e. The number of unbranched alkanes of at least 4 members (excludes halogenated alkanes) is 7. The van der Waals surface area contributed by atoms with Crippen molar-refractivity contribution in [1.29, 1.82) is 0 Å². The Kier molecular flexibility index (Phi) is 54.6. The molecule has 0 radical (unpaired) electrons. The fourth-order valence-electron chi connectivity index (χ4n) is 6.72. The van der Waals surface area contributed by atoms with Crippen LogP contribution < -0.4 is 0 Å². The summed E-state index contributed by atoms with van der Waals surface area (Å²) in [7, 11) is 0. The van der Waals surface area contributed by atoms with Crippen LogP contribution >= 0.6 is 0 Å². The highest BCUT2D eigenvalue weighted by molar-refractivity contribution is 5.71.